The van der Waals surface area contributed by atoms with Crippen LogP contribution >= 0.6 is 0 Å². The zero-order valence-corrected chi connectivity index (χ0v) is 15.4. The Hall–Kier alpha value is -1.14. The molecular weight excluding hydrogens is 316 g/mol. The summed E-state index contributed by atoms with van der Waals surface area (Å²) in [5, 5.41) is 24.9. The van der Waals surface area contributed by atoms with Gasteiger partial charge in [-0.25, -0.2) is 0 Å². The lowest BCUT2D eigenvalue weighted by atomic mass is 9.87. The van der Waals surface area contributed by atoms with Gasteiger partial charge in [0.15, 0.2) is 0 Å². The lowest BCUT2D eigenvalue weighted by molar-refractivity contribution is -0.0404. The van der Waals surface area contributed by atoms with Crippen LogP contribution in [0.5, 0.6) is 5.75 Å². The second kappa shape index (κ2) is 8.04. The quantitative estimate of drug-likeness (QED) is 0.756. The summed E-state index contributed by atoms with van der Waals surface area (Å²) in [6.45, 7) is 4.41. The van der Waals surface area contributed by atoms with E-state index in [2.05, 4.69) is 17.3 Å². The molecule has 1 aliphatic carbocycles. The number of ether oxygens (including phenoxy) is 1. The van der Waals surface area contributed by atoms with Gasteiger partial charge < -0.3 is 25.2 Å². The zero-order valence-electron chi connectivity index (χ0n) is 15.4. The minimum absolute atomic E-state index is 0.0218. The molecule has 140 valence electrons. The molecule has 25 heavy (non-hydrogen) atoms. The van der Waals surface area contributed by atoms with Crippen LogP contribution in [-0.2, 0) is 0 Å². The van der Waals surface area contributed by atoms with E-state index in [0.29, 0.717) is 6.54 Å². The van der Waals surface area contributed by atoms with Gasteiger partial charge in [0, 0.05) is 25.7 Å². The first-order valence-electron chi connectivity index (χ1n) is 9.51. The van der Waals surface area contributed by atoms with Crippen molar-refractivity contribution in [3.05, 3.63) is 29.8 Å². The summed E-state index contributed by atoms with van der Waals surface area (Å²) in [5.41, 5.74) is 0.432. The number of nitrogens with zero attached hydrogens (tertiary/aromatic N) is 1. The topological polar surface area (TPSA) is 65.0 Å². The van der Waals surface area contributed by atoms with Crippen molar-refractivity contribution in [2.45, 2.75) is 62.9 Å². The van der Waals surface area contributed by atoms with Gasteiger partial charge in [0.05, 0.1) is 5.60 Å². The number of nitrogens with one attached hydrogen (secondary N) is 1. The fourth-order valence-electron chi connectivity index (χ4n) is 3.88. The van der Waals surface area contributed by atoms with Crippen LogP contribution in [0, 0.1) is 6.92 Å². The third-order valence-electron chi connectivity index (χ3n) is 5.78. The highest BCUT2D eigenvalue weighted by molar-refractivity contribution is 5.32. The molecule has 3 rings (SSSR count). The highest BCUT2D eigenvalue weighted by Crippen LogP contribution is 2.27. The van der Waals surface area contributed by atoms with Gasteiger partial charge in [0.25, 0.3) is 0 Å². The van der Waals surface area contributed by atoms with Gasteiger partial charge in [-0.15, -0.1) is 0 Å². The van der Waals surface area contributed by atoms with Gasteiger partial charge in [-0.05, 0) is 57.7 Å². The van der Waals surface area contributed by atoms with Crippen LogP contribution in [0.3, 0.4) is 0 Å². The molecule has 1 aromatic carbocycles. The number of likely N-dealkylation sites (tertiary alicyclic amines) is 1. The predicted molar refractivity (Wildman–Crippen MR) is 98.9 cm³/mol. The Bertz CT molecular complexity index is 558. The fourth-order valence-corrected chi connectivity index (χ4v) is 3.88. The molecule has 0 bridgehead atoms. The monoisotopic (exact) mass is 348 g/mol. The van der Waals surface area contributed by atoms with Gasteiger partial charge >= 0.3 is 0 Å². The number of aryl methyl sites for hydroxylation is 1. The minimum atomic E-state index is -0.657. The van der Waals surface area contributed by atoms with Gasteiger partial charge in [-0.3, -0.25) is 0 Å². The van der Waals surface area contributed by atoms with Crippen LogP contribution in [0.2, 0.25) is 0 Å². The van der Waals surface area contributed by atoms with E-state index in [1.54, 1.807) is 0 Å². The normalized spacial score (nSPS) is 30.2. The van der Waals surface area contributed by atoms with E-state index in [-0.39, 0.29) is 12.1 Å². The number of piperidine rings is 1. The molecule has 5 heteroatoms. The molecule has 1 aromatic rings. The second-order valence-corrected chi connectivity index (χ2v) is 7.86. The Kier molecular flexibility index (Phi) is 6.00. The molecule has 0 unspecified atom stereocenters. The van der Waals surface area contributed by atoms with Crippen LogP contribution < -0.4 is 10.1 Å². The van der Waals surface area contributed by atoms with Crippen LogP contribution in [0.25, 0.3) is 0 Å². The maximum atomic E-state index is 10.8. The lowest BCUT2D eigenvalue weighted by Gasteiger charge is -2.40. The van der Waals surface area contributed by atoms with Crippen LogP contribution in [0.1, 0.15) is 37.7 Å². The van der Waals surface area contributed by atoms with Crippen molar-refractivity contribution in [3.8, 4) is 5.75 Å². The van der Waals surface area contributed by atoms with E-state index < -0.39 is 11.7 Å². The maximum Gasteiger partial charge on any atom is 0.126 e. The molecule has 0 aromatic heterocycles. The van der Waals surface area contributed by atoms with Crippen molar-refractivity contribution in [3.63, 3.8) is 0 Å². The third-order valence-corrected chi connectivity index (χ3v) is 5.78. The maximum absolute atomic E-state index is 10.8. The van der Waals surface area contributed by atoms with E-state index in [9.17, 15) is 10.2 Å². The largest absolute Gasteiger partial charge is 0.487 e. The van der Waals surface area contributed by atoms with Gasteiger partial charge in [0.2, 0.25) is 0 Å². The molecule has 1 aliphatic heterocycles. The van der Waals surface area contributed by atoms with Crippen LogP contribution in [0.15, 0.2) is 24.3 Å². The Balaban J connectivity index is 1.55. The number of rotatable bonds is 5. The Morgan fingerprint density at radius 3 is 2.68 bits per heavy atom. The smallest absolute Gasteiger partial charge is 0.126 e. The van der Waals surface area contributed by atoms with Crippen molar-refractivity contribution in [2.24, 2.45) is 0 Å². The Morgan fingerprint density at radius 2 is 1.96 bits per heavy atom. The first kappa shape index (κ1) is 18.6. The van der Waals surface area contributed by atoms with Gasteiger partial charge in [0.1, 0.15) is 18.0 Å². The van der Waals surface area contributed by atoms with Crippen LogP contribution in [-0.4, -0.2) is 65.6 Å². The van der Waals surface area contributed by atoms with E-state index >= 15 is 0 Å². The van der Waals surface area contributed by atoms with E-state index in [1.807, 2.05) is 31.2 Å². The summed E-state index contributed by atoms with van der Waals surface area (Å²) in [5.74, 6) is 0.848. The summed E-state index contributed by atoms with van der Waals surface area (Å²) >= 11 is 0. The van der Waals surface area contributed by atoms with Crippen molar-refractivity contribution in [1.29, 1.82) is 0 Å². The minimum Gasteiger partial charge on any atom is -0.487 e. The molecule has 1 saturated carbocycles. The Labute approximate surface area is 151 Å². The molecule has 0 spiro atoms. The van der Waals surface area contributed by atoms with Crippen LogP contribution in [0.4, 0.5) is 0 Å². The van der Waals surface area contributed by atoms with E-state index in [4.69, 9.17) is 4.74 Å². The summed E-state index contributed by atoms with van der Waals surface area (Å²) < 4.78 is 6.10. The average molecular weight is 348 g/mol. The number of aliphatic hydroxyl groups is 2. The number of hydrogen-bond donors (Lipinski definition) is 3. The molecule has 2 aliphatic rings. The van der Waals surface area contributed by atoms with Crippen molar-refractivity contribution in [2.75, 3.05) is 26.7 Å². The summed E-state index contributed by atoms with van der Waals surface area (Å²) in [7, 11) is 2.09. The molecule has 0 amide bonds. The van der Waals surface area contributed by atoms with E-state index in [0.717, 1.165) is 56.5 Å². The molecule has 3 N–H and O–H groups in total. The summed E-state index contributed by atoms with van der Waals surface area (Å²) in [6, 6.07) is 7.91. The Morgan fingerprint density at radius 1 is 1.24 bits per heavy atom. The SMILES string of the molecule is Cc1ccccc1O[C@@H]1CCC[C@H](NCC2(O)CCN(C)CC2)[C@H]1O. The first-order chi connectivity index (χ1) is 12.0. The number of para-hydroxylation sites is 1. The molecule has 1 saturated heterocycles. The highest BCUT2D eigenvalue weighted by Gasteiger charge is 2.36. The summed E-state index contributed by atoms with van der Waals surface area (Å²) in [6.07, 6.45) is 3.62. The number of aliphatic hydroxyl groups excluding tert-OH is 1. The number of hydrogen-bond acceptors (Lipinski definition) is 5. The standard InChI is InChI=1S/C20H32N2O3/c1-15-6-3-4-8-17(15)25-18-9-5-7-16(19(18)23)21-14-20(24)10-12-22(2)13-11-20/h3-4,6,8,16,18-19,21,23-24H,5,7,9-14H2,1-2H3/t16-,18+,19+/m0/s1. The fraction of sp³-hybridized carbons (Fsp3) is 0.700. The van der Waals surface area contributed by atoms with E-state index in [1.165, 1.54) is 0 Å². The molecule has 5 nitrogen and oxygen atoms in total. The van der Waals surface area contributed by atoms with Crippen molar-refractivity contribution in [1.82, 2.24) is 10.2 Å². The third kappa shape index (κ3) is 4.73. The van der Waals surface area contributed by atoms with Gasteiger partial charge in [-0.1, -0.05) is 18.2 Å². The second-order valence-electron chi connectivity index (χ2n) is 7.86. The molecular formula is C20H32N2O3. The molecule has 2 fully saturated rings. The predicted octanol–water partition coefficient (Wildman–Crippen LogP) is 1.70. The molecule has 0 radical (unpaired) electrons. The van der Waals surface area contributed by atoms with Crippen molar-refractivity contribution >= 4 is 0 Å². The zero-order chi connectivity index (χ0) is 17.9. The molecule has 3 atom stereocenters. The summed E-state index contributed by atoms with van der Waals surface area (Å²) in [4.78, 5) is 2.25. The average Bonchev–Trinajstić information content (AvgIpc) is 2.60. The number of benzene rings is 1. The first-order valence-corrected chi connectivity index (χ1v) is 9.51. The highest BCUT2D eigenvalue weighted by atomic mass is 16.5. The molecule has 1 heterocycles. The lowest BCUT2D eigenvalue weighted by Crippen LogP contribution is -2.56. The van der Waals surface area contributed by atoms with Gasteiger partial charge in [-0.2, -0.15) is 0 Å². The van der Waals surface area contributed by atoms with Crippen molar-refractivity contribution < 1.29 is 14.9 Å².